The third-order valence-electron chi connectivity index (χ3n) is 5.86. The van der Waals surface area contributed by atoms with Crippen molar-refractivity contribution < 1.29 is 33.2 Å². The van der Waals surface area contributed by atoms with E-state index in [1.807, 2.05) is 58.0 Å². The molecule has 9 nitrogen and oxygen atoms in total. The van der Waals surface area contributed by atoms with Crippen molar-refractivity contribution in [3.05, 3.63) is 54.6 Å². The van der Waals surface area contributed by atoms with Crippen molar-refractivity contribution in [3.8, 4) is 0 Å². The summed E-state index contributed by atoms with van der Waals surface area (Å²) in [6.07, 6.45) is 0.440. The van der Waals surface area contributed by atoms with Crippen molar-refractivity contribution in [2.75, 3.05) is 0 Å². The molecule has 1 aromatic carbocycles. The van der Waals surface area contributed by atoms with E-state index in [9.17, 15) is 4.79 Å². The molecule has 2 aromatic rings. The summed E-state index contributed by atoms with van der Waals surface area (Å²) in [4.78, 5) is 16.7. The zero-order valence-electron chi connectivity index (χ0n) is 18.5. The number of imidazole rings is 1. The zero-order chi connectivity index (χ0) is 22.5. The molecule has 9 heteroatoms. The monoisotopic (exact) mass is 444 g/mol. The molecule has 3 heterocycles. The quantitative estimate of drug-likeness (QED) is 0.711. The molecule has 3 fully saturated rings. The number of carbonyl (C=O) groups is 1. The predicted octanol–water partition coefficient (Wildman–Crippen LogP) is 2.88. The lowest BCUT2D eigenvalue weighted by Gasteiger charge is -2.42. The van der Waals surface area contributed by atoms with E-state index in [0.29, 0.717) is 6.61 Å². The van der Waals surface area contributed by atoms with Crippen LogP contribution in [-0.2, 0) is 35.0 Å². The van der Waals surface area contributed by atoms with Crippen molar-refractivity contribution in [1.29, 1.82) is 0 Å². The maximum Gasteiger partial charge on any atom is 0.419 e. The highest BCUT2D eigenvalue weighted by atomic mass is 16.8. The molecule has 0 spiro atoms. The van der Waals surface area contributed by atoms with Crippen molar-refractivity contribution in [3.63, 3.8) is 0 Å². The van der Waals surface area contributed by atoms with Gasteiger partial charge in [-0.1, -0.05) is 30.3 Å². The molecule has 1 aromatic heterocycles. The lowest BCUT2D eigenvalue weighted by molar-refractivity contribution is -0.190. The Kier molecular flexibility index (Phi) is 5.34. The van der Waals surface area contributed by atoms with E-state index in [0.717, 1.165) is 5.56 Å². The summed E-state index contributed by atoms with van der Waals surface area (Å²) in [5.74, 6) is -1.75. The lowest BCUT2D eigenvalue weighted by atomic mass is 9.84. The third-order valence-corrected chi connectivity index (χ3v) is 5.86. The fourth-order valence-corrected chi connectivity index (χ4v) is 4.66. The first-order chi connectivity index (χ1) is 15.2. The van der Waals surface area contributed by atoms with Gasteiger partial charge in [-0.3, -0.25) is 0 Å². The summed E-state index contributed by atoms with van der Waals surface area (Å²) >= 11 is 0. The Bertz CT molecular complexity index is 915. The molecule has 6 atom stereocenters. The second kappa shape index (κ2) is 7.93. The number of hydrogen-bond acceptors (Lipinski definition) is 8. The minimum absolute atomic E-state index is 0.380. The minimum Gasteiger partial charge on any atom is -0.440 e. The highest BCUT2D eigenvalue weighted by Crippen LogP contribution is 2.46. The molecule has 0 amide bonds. The number of carbonyl (C=O) groups excluding carboxylic acids is 1. The van der Waals surface area contributed by atoms with Crippen LogP contribution in [0.3, 0.4) is 0 Å². The van der Waals surface area contributed by atoms with E-state index in [1.54, 1.807) is 0 Å². The van der Waals surface area contributed by atoms with Gasteiger partial charge in [-0.15, -0.1) is 0 Å². The van der Waals surface area contributed by atoms with Gasteiger partial charge in [0.2, 0.25) is 0 Å². The molecule has 32 heavy (non-hydrogen) atoms. The van der Waals surface area contributed by atoms with Crippen LogP contribution in [-0.4, -0.2) is 63.8 Å². The average molecular weight is 444 g/mol. The van der Waals surface area contributed by atoms with E-state index < -0.39 is 54.3 Å². The summed E-state index contributed by atoms with van der Waals surface area (Å²) in [7, 11) is 0. The van der Waals surface area contributed by atoms with Crippen LogP contribution in [0.25, 0.3) is 0 Å². The predicted molar refractivity (Wildman–Crippen MR) is 111 cm³/mol. The van der Waals surface area contributed by atoms with Crippen LogP contribution < -0.4 is 0 Å². The second-order valence-electron chi connectivity index (χ2n) is 9.21. The highest BCUT2D eigenvalue weighted by molar-refractivity contribution is 5.70. The van der Waals surface area contributed by atoms with Crippen molar-refractivity contribution in [1.82, 2.24) is 9.55 Å². The van der Waals surface area contributed by atoms with Gasteiger partial charge in [-0.25, -0.2) is 14.3 Å². The Hall–Kier alpha value is -2.30. The SMILES string of the molecule is CC1(C)O[C@@H]2C(OCc3ccccc3)[C@@H]3OC(C)(C)O[C@H]3C(OC(=O)n3ccnc3)[C@H]2O1. The fourth-order valence-electron chi connectivity index (χ4n) is 4.66. The van der Waals surface area contributed by atoms with Gasteiger partial charge in [0, 0.05) is 12.4 Å². The van der Waals surface area contributed by atoms with Gasteiger partial charge in [0.25, 0.3) is 0 Å². The Morgan fingerprint density at radius 2 is 1.50 bits per heavy atom. The molecule has 2 saturated heterocycles. The molecule has 5 rings (SSSR count). The summed E-state index contributed by atoms with van der Waals surface area (Å²) in [6, 6.07) is 9.89. The third kappa shape index (κ3) is 4.06. The molecular formula is C23H28N2O7. The van der Waals surface area contributed by atoms with Crippen LogP contribution in [0.2, 0.25) is 0 Å². The van der Waals surface area contributed by atoms with Gasteiger partial charge in [0.15, 0.2) is 17.7 Å². The van der Waals surface area contributed by atoms with E-state index >= 15 is 0 Å². The fraction of sp³-hybridized carbons (Fsp3) is 0.565. The van der Waals surface area contributed by atoms with Crippen LogP contribution in [0.4, 0.5) is 4.79 Å². The van der Waals surface area contributed by atoms with Crippen molar-refractivity contribution >= 4 is 6.09 Å². The Morgan fingerprint density at radius 3 is 2.03 bits per heavy atom. The Morgan fingerprint density at radius 1 is 0.938 bits per heavy atom. The molecule has 172 valence electrons. The van der Waals surface area contributed by atoms with Crippen LogP contribution in [0, 0.1) is 0 Å². The first-order valence-electron chi connectivity index (χ1n) is 10.8. The van der Waals surface area contributed by atoms with E-state index in [-0.39, 0.29) is 0 Å². The molecule has 3 aliphatic rings. The summed E-state index contributed by atoms with van der Waals surface area (Å²) in [5.41, 5.74) is 1.03. The van der Waals surface area contributed by atoms with Gasteiger partial charge < -0.3 is 28.4 Å². The van der Waals surface area contributed by atoms with Gasteiger partial charge >= 0.3 is 6.09 Å². The van der Waals surface area contributed by atoms with E-state index in [1.165, 1.54) is 23.3 Å². The van der Waals surface area contributed by atoms with Gasteiger partial charge in [-0.2, -0.15) is 0 Å². The Labute approximate surface area is 186 Å². The van der Waals surface area contributed by atoms with Gasteiger partial charge in [0.05, 0.1) is 6.61 Å². The van der Waals surface area contributed by atoms with E-state index in [4.69, 9.17) is 28.4 Å². The summed E-state index contributed by atoms with van der Waals surface area (Å²) < 4.78 is 38.4. The van der Waals surface area contributed by atoms with E-state index in [2.05, 4.69) is 4.98 Å². The normalized spacial score (nSPS) is 34.6. The second-order valence-corrected chi connectivity index (χ2v) is 9.21. The smallest absolute Gasteiger partial charge is 0.419 e. The maximum atomic E-state index is 12.7. The summed E-state index contributed by atoms with van der Waals surface area (Å²) in [5, 5.41) is 0. The largest absolute Gasteiger partial charge is 0.440 e. The minimum atomic E-state index is -0.877. The van der Waals surface area contributed by atoms with Crippen LogP contribution in [0.15, 0.2) is 49.1 Å². The molecule has 0 bridgehead atoms. The molecule has 1 aliphatic carbocycles. The van der Waals surface area contributed by atoms with Gasteiger partial charge in [-0.05, 0) is 33.3 Å². The highest BCUT2D eigenvalue weighted by Gasteiger charge is 2.65. The average Bonchev–Trinajstić information content (AvgIpc) is 3.44. The molecular weight excluding hydrogens is 416 g/mol. The number of hydrogen-bond donors (Lipinski definition) is 0. The van der Waals surface area contributed by atoms with Crippen molar-refractivity contribution in [2.45, 2.75) is 82.5 Å². The number of fused-ring (bicyclic) bond motifs is 2. The molecule has 0 N–H and O–H groups in total. The molecule has 2 aliphatic heterocycles. The first-order valence-corrected chi connectivity index (χ1v) is 10.8. The topological polar surface area (TPSA) is 90.3 Å². The zero-order valence-corrected chi connectivity index (χ0v) is 18.5. The van der Waals surface area contributed by atoms with Crippen LogP contribution >= 0.6 is 0 Å². The number of ether oxygens (including phenoxy) is 6. The van der Waals surface area contributed by atoms with Crippen LogP contribution in [0.5, 0.6) is 0 Å². The standard InChI is InChI=1S/C23H28N2O7/c1-22(2)29-17-15(27-12-14-8-6-5-7-9-14)18-20(32-23(3,4)30-18)16(19(17)31-22)28-21(26)25-11-10-24-13-25/h5-11,13,15-20H,12H2,1-4H3/t15?,16?,17-,18+,19-,20+. The number of nitrogens with zero attached hydrogens (tertiary/aromatic N) is 2. The van der Waals surface area contributed by atoms with Crippen molar-refractivity contribution in [2.24, 2.45) is 0 Å². The Balaban J connectivity index is 1.44. The number of rotatable bonds is 4. The molecule has 0 radical (unpaired) electrons. The molecule has 2 unspecified atom stereocenters. The number of benzene rings is 1. The van der Waals surface area contributed by atoms with Gasteiger partial charge in [0.1, 0.15) is 36.8 Å². The lowest BCUT2D eigenvalue weighted by Crippen LogP contribution is -2.63. The maximum absolute atomic E-state index is 12.7. The number of aromatic nitrogens is 2. The first kappa shape index (κ1) is 21.5. The summed E-state index contributed by atoms with van der Waals surface area (Å²) in [6.45, 7) is 7.70. The molecule has 1 saturated carbocycles. The van der Waals surface area contributed by atoms with Crippen LogP contribution in [0.1, 0.15) is 33.3 Å².